The van der Waals surface area contributed by atoms with E-state index in [-0.39, 0.29) is 24.3 Å². The van der Waals surface area contributed by atoms with Crippen molar-refractivity contribution in [1.82, 2.24) is 4.72 Å². The molecule has 0 spiro atoms. The summed E-state index contributed by atoms with van der Waals surface area (Å²) in [6.07, 6.45) is 0.200. The summed E-state index contributed by atoms with van der Waals surface area (Å²) in [6, 6.07) is 6.34. The number of hydrogen-bond donors (Lipinski definition) is 2. The third-order valence-electron chi connectivity index (χ3n) is 2.40. The first kappa shape index (κ1) is 15.6. The van der Waals surface area contributed by atoms with E-state index in [9.17, 15) is 13.2 Å². The van der Waals surface area contributed by atoms with Crippen molar-refractivity contribution in [3.63, 3.8) is 0 Å². The van der Waals surface area contributed by atoms with E-state index in [0.29, 0.717) is 6.61 Å². The van der Waals surface area contributed by atoms with Crippen molar-refractivity contribution in [2.75, 3.05) is 13.7 Å². The highest BCUT2D eigenvalue weighted by Crippen LogP contribution is 2.11. The lowest BCUT2D eigenvalue weighted by Gasteiger charge is -2.07. The van der Waals surface area contributed by atoms with Crippen molar-refractivity contribution < 1.29 is 23.1 Å². The number of nitrogens with one attached hydrogen (secondary N) is 1. The zero-order chi connectivity index (χ0) is 14.3. The summed E-state index contributed by atoms with van der Waals surface area (Å²) < 4.78 is 31.0. The molecule has 0 aromatic heterocycles. The summed E-state index contributed by atoms with van der Waals surface area (Å²) in [7, 11) is -2.01. The Bertz CT molecular complexity index is 509. The molecule has 0 heterocycles. The average Bonchev–Trinajstić information content (AvgIpc) is 2.36. The number of benzene rings is 1. The molecule has 1 aromatic rings. The van der Waals surface area contributed by atoms with Crippen LogP contribution in [0.4, 0.5) is 0 Å². The van der Waals surface area contributed by atoms with Gasteiger partial charge in [0.2, 0.25) is 10.0 Å². The van der Waals surface area contributed by atoms with Crippen LogP contribution < -0.4 is 4.72 Å². The standard InChI is InChI=1S/C12H17NO5S/c1-18-9-10-4-6-11(7-5-10)19(16,17)13-8-2-3-12(14)15/h4-7,13H,2-3,8-9H2,1H3,(H,14,15). The molecule has 2 N–H and O–H groups in total. The zero-order valence-electron chi connectivity index (χ0n) is 10.6. The smallest absolute Gasteiger partial charge is 0.303 e. The molecule has 6 nitrogen and oxygen atoms in total. The Morgan fingerprint density at radius 3 is 2.47 bits per heavy atom. The van der Waals surface area contributed by atoms with Crippen LogP contribution in [-0.4, -0.2) is 33.1 Å². The number of aliphatic carboxylic acids is 1. The first-order valence-electron chi connectivity index (χ1n) is 5.75. The average molecular weight is 287 g/mol. The van der Waals surface area contributed by atoms with E-state index in [1.54, 1.807) is 19.2 Å². The molecule has 0 unspecified atom stereocenters. The lowest BCUT2D eigenvalue weighted by Crippen LogP contribution is -2.25. The highest BCUT2D eigenvalue weighted by atomic mass is 32.2. The number of methoxy groups -OCH3 is 1. The molecule has 0 fully saturated rings. The van der Waals surface area contributed by atoms with Crippen LogP contribution in [0.3, 0.4) is 0 Å². The number of carboxylic acids is 1. The van der Waals surface area contributed by atoms with Crippen LogP contribution in [0.1, 0.15) is 18.4 Å². The summed E-state index contributed by atoms with van der Waals surface area (Å²) in [5, 5.41) is 8.45. The molecule has 0 aliphatic heterocycles. The van der Waals surface area contributed by atoms with Gasteiger partial charge in [-0.25, -0.2) is 13.1 Å². The Balaban J connectivity index is 2.59. The van der Waals surface area contributed by atoms with Crippen molar-refractivity contribution in [1.29, 1.82) is 0 Å². The van der Waals surface area contributed by atoms with E-state index >= 15 is 0 Å². The van der Waals surface area contributed by atoms with E-state index in [4.69, 9.17) is 9.84 Å². The second-order valence-electron chi connectivity index (χ2n) is 3.97. The molecule has 0 saturated carbocycles. The van der Waals surface area contributed by atoms with Crippen LogP contribution >= 0.6 is 0 Å². The predicted molar refractivity (Wildman–Crippen MR) is 69.2 cm³/mol. The van der Waals surface area contributed by atoms with Gasteiger partial charge in [0.1, 0.15) is 0 Å². The van der Waals surface area contributed by atoms with Gasteiger partial charge in [-0.1, -0.05) is 12.1 Å². The number of sulfonamides is 1. The van der Waals surface area contributed by atoms with Crippen LogP contribution in [-0.2, 0) is 26.2 Å². The number of carboxylic acid groups (broad SMARTS) is 1. The first-order valence-corrected chi connectivity index (χ1v) is 7.23. The fraction of sp³-hybridized carbons (Fsp3) is 0.417. The highest BCUT2D eigenvalue weighted by molar-refractivity contribution is 7.89. The molecule has 0 aliphatic rings. The fourth-order valence-corrected chi connectivity index (χ4v) is 2.54. The monoisotopic (exact) mass is 287 g/mol. The third-order valence-corrected chi connectivity index (χ3v) is 3.88. The van der Waals surface area contributed by atoms with Gasteiger partial charge in [-0.05, 0) is 24.1 Å². The maximum Gasteiger partial charge on any atom is 0.303 e. The van der Waals surface area contributed by atoms with E-state index in [1.165, 1.54) is 12.1 Å². The zero-order valence-corrected chi connectivity index (χ0v) is 11.4. The topological polar surface area (TPSA) is 92.7 Å². The Morgan fingerprint density at radius 1 is 1.32 bits per heavy atom. The van der Waals surface area contributed by atoms with Gasteiger partial charge >= 0.3 is 5.97 Å². The van der Waals surface area contributed by atoms with Gasteiger partial charge in [0, 0.05) is 20.1 Å². The molecule has 0 atom stereocenters. The van der Waals surface area contributed by atoms with Gasteiger partial charge in [0.05, 0.1) is 11.5 Å². The number of carbonyl (C=O) groups is 1. The molecule has 106 valence electrons. The molecular weight excluding hydrogens is 270 g/mol. The summed E-state index contributed by atoms with van der Waals surface area (Å²) in [5.41, 5.74) is 0.882. The van der Waals surface area contributed by atoms with Crippen LogP contribution in [0.2, 0.25) is 0 Å². The molecular formula is C12H17NO5S. The van der Waals surface area contributed by atoms with Crippen molar-refractivity contribution in [3.8, 4) is 0 Å². The van der Waals surface area contributed by atoms with E-state index in [2.05, 4.69) is 4.72 Å². The lowest BCUT2D eigenvalue weighted by atomic mass is 10.2. The van der Waals surface area contributed by atoms with E-state index in [0.717, 1.165) is 5.56 Å². The molecule has 7 heteroatoms. The number of rotatable bonds is 8. The molecule has 1 rings (SSSR count). The van der Waals surface area contributed by atoms with Crippen LogP contribution in [0, 0.1) is 0 Å². The van der Waals surface area contributed by atoms with Crippen molar-refractivity contribution >= 4 is 16.0 Å². The van der Waals surface area contributed by atoms with Gasteiger partial charge in [0.25, 0.3) is 0 Å². The third kappa shape index (κ3) is 5.37. The second kappa shape index (κ2) is 7.22. The van der Waals surface area contributed by atoms with Crippen molar-refractivity contribution in [2.45, 2.75) is 24.3 Å². The van der Waals surface area contributed by atoms with Crippen molar-refractivity contribution in [2.24, 2.45) is 0 Å². The minimum absolute atomic E-state index is 0.0602. The molecule has 0 saturated heterocycles. The first-order chi connectivity index (χ1) is 8.95. The maximum absolute atomic E-state index is 11.9. The van der Waals surface area contributed by atoms with Crippen molar-refractivity contribution in [3.05, 3.63) is 29.8 Å². The van der Waals surface area contributed by atoms with Crippen LogP contribution in [0.5, 0.6) is 0 Å². The van der Waals surface area contributed by atoms with Gasteiger partial charge < -0.3 is 9.84 Å². The largest absolute Gasteiger partial charge is 0.481 e. The summed E-state index contributed by atoms with van der Waals surface area (Å²) >= 11 is 0. The van der Waals surface area contributed by atoms with Crippen LogP contribution in [0.25, 0.3) is 0 Å². The van der Waals surface area contributed by atoms with Crippen LogP contribution in [0.15, 0.2) is 29.2 Å². The lowest BCUT2D eigenvalue weighted by molar-refractivity contribution is -0.137. The quantitative estimate of drug-likeness (QED) is 0.695. The Kier molecular flexibility index (Phi) is 5.94. The van der Waals surface area contributed by atoms with Gasteiger partial charge in [-0.15, -0.1) is 0 Å². The summed E-state index contributed by atoms with van der Waals surface area (Å²) in [6.45, 7) is 0.529. The SMILES string of the molecule is COCc1ccc(S(=O)(=O)NCCCC(=O)O)cc1. The molecule has 0 aliphatic carbocycles. The molecule has 0 amide bonds. The molecule has 19 heavy (non-hydrogen) atoms. The summed E-state index contributed by atoms with van der Waals surface area (Å²) in [4.78, 5) is 10.5. The Morgan fingerprint density at radius 2 is 1.95 bits per heavy atom. The van der Waals surface area contributed by atoms with Gasteiger partial charge in [-0.2, -0.15) is 0 Å². The number of hydrogen-bond acceptors (Lipinski definition) is 4. The van der Waals surface area contributed by atoms with E-state index in [1.807, 2.05) is 0 Å². The molecule has 0 bridgehead atoms. The second-order valence-corrected chi connectivity index (χ2v) is 5.74. The summed E-state index contributed by atoms with van der Waals surface area (Å²) in [5.74, 6) is -0.942. The normalized spacial score (nSPS) is 11.4. The maximum atomic E-state index is 11.9. The Hall–Kier alpha value is -1.44. The predicted octanol–water partition coefficient (Wildman–Crippen LogP) is 0.976. The fourth-order valence-electron chi connectivity index (χ4n) is 1.46. The van der Waals surface area contributed by atoms with Gasteiger partial charge in [0.15, 0.2) is 0 Å². The Labute approximate surface area is 112 Å². The highest BCUT2D eigenvalue weighted by Gasteiger charge is 2.13. The van der Waals surface area contributed by atoms with Gasteiger partial charge in [-0.3, -0.25) is 4.79 Å². The molecule has 1 aromatic carbocycles. The minimum atomic E-state index is -3.57. The molecule has 0 radical (unpaired) electrons. The van der Waals surface area contributed by atoms with E-state index < -0.39 is 16.0 Å². The minimum Gasteiger partial charge on any atom is -0.481 e. The number of ether oxygens (including phenoxy) is 1.